The fourth-order valence-electron chi connectivity index (χ4n) is 2.65. The van der Waals surface area contributed by atoms with Crippen molar-refractivity contribution in [3.8, 4) is 0 Å². The first-order valence-electron chi connectivity index (χ1n) is 5.98. The average Bonchev–Trinajstić information content (AvgIpc) is 2.85. The highest BCUT2D eigenvalue weighted by Gasteiger charge is 2.51. The molecule has 0 spiro atoms. The number of fused-ring (bicyclic) bond motifs is 1. The van der Waals surface area contributed by atoms with Crippen molar-refractivity contribution < 1.29 is 9.90 Å². The minimum absolute atomic E-state index is 0.0336. The van der Waals surface area contributed by atoms with Crippen LogP contribution in [0.1, 0.15) is 29.6 Å². The van der Waals surface area contributed by atoms with Crippen LogP contribution in [0, 0.1) is 5.92 Å². The van der Waals surface area contributed by atoms with Gasteiger partial charge in [0.1, 0.15) is 0 Å². The number of benzene rings is 1. The van der Waals surface area contributed by atoms with Crippen LogP contribution in [0.5, 0.6) is 0 Å². The molecule has 2 atom stereocenters. The van der Waals surface area contributed by atoms with Gasteiger partial charge in [-0.2, -0.15) is 10.1 Å². The zero-order valence-electron chi connectivity index (χ0n) is 9.71. The summed E-state index contributed by atoms with van der Waals surface area (Å²) in [7, 11) is 0. The monoisotopic (exact) mass is 264 g/mol. The maximum absolute atomic E-state index is 12.3. The standard InChI is InChI=1S/C13H13ClN2O2/c14-11-5-3-9(4-6-11)12(17)16-13(18)7-1-2-10(13)8-15-16/h3-6,8,10,18H,1-2,7H2/t10-,13-/m1/s1. The van der Waals surface area contributed by atoms with Gasteiger partial charge in [-0.3, -0.25) is 4.79 Å². The van der Waals surface area contributed by atoms with E-state index in [1.807, 2.05) is 0 Å². The molecule has 1 aliphatic heterocycles. The number of carbonyl (C=O) groups excluding carboxylic acids is 1. The first-order valence-corrected chi connectivity index (χ1v) is 6.36. The van der Waals surface area contributed by atoms with Crippen molar-refractivity contribution >= 4 is 23.7 Å². The molecular formula is C13H13ClN2O2. The predicted molar refractivity (Wildman–Crippen MR) is 68.4 cm³/mol. The van der Waals surface area contributed by atoms with Gasteiger partial charge in [0.15, 0.2) is 5.72 Å². The van der Waals surface area contributed by atoms with Gasteiger partial charge in [-0.25, -0.2) is 0 Å². The lowest BCUT2D eigenvalue weighted by molar-refractivity contribution is -0.0841. The van der Waals surface area contributed by atoms with Crippen molar-refractivity contribution in [1.29, 1.82) is 0 Å². The van der Waals surface area contributed by atoms with E-state index in [4.69, 9.17) is 11.6 Å². The topological polar surface area (TPSA) is 52.9 Å². The Morgan fingerprint density at radius 2 is 2.17 bits per heavy atom. The van der Waals surface area contributed by atoms with E-state index in [1.54, 1.807) is 30.5 Å². The lowest BCUT2D eigenvalue weighted by Gasteiger charge is -2.30. The molecule has 1 aromatic rings. The van der Waals surface area contributed by atoms with E-state index in [1.165, 1.54) is 5.01 Å². The number of hydrazone groups is 1. The smallest absolute Gasteiger partial charge is 0.276 e. The molecule has 3 rings (SSSR count). The quantitative estimate of drug-likeness (QED) is 0.846. The average molecular weight is 265 g/mol. The Bertz CT molecular complexity index is 514. The number of aliphatic hydroxyl groups is 1. The van der Waals surface area contributed by atoms with Crippen LogP contribution in [-0.4, -0.2) is 28.0 Å². The molecule has 1 heterocycles. The number of halogens is 1. The van der Waals surface area contributed by atoms with Gasteiger partial charge in [0.2, 0.25) is 0 Å². The van der Waals surface area contributed by atoms with Crippen LogP contribution >= 0.6 is 11.6 Å². The third-order valence-corrected chi connectivity index (χ3v) is 3.92. The van der Waals surface area contributed by atoms with Gasteiger partial charge >= 0.3 is 0 Å². The van der Waals surface area contributed by atoms with Crippen LogP contribution in [0.3, 0.4) is 0 Å². The SMILES string of the molecule is O=C(c1ccc(Cl)cc1)N1N=C[C@H]2CCC[C@@]21O. The second kappa shape index (κ2) is 4.07. The van der Waals surface area contributed by atoms with Gasteiger partial charge < -0.3 is 5.11 Å². The maximum Gasteiger partial charge on any atom is 0.276 e. The van der Waals surface area contributed by atoms with Gasteiger partial charge in [0.05, 0.1) is 0 Å². The minimum atomic E-state index is -1.13. The van der Waals surface area contributed by atoms with E-state index in [0.717, 1.165) is 12.8 Å². The van der Waals surface area contributed by atoms with Gasteiger partial charge in [-0.15, -0.1) is 0 Å². The van der Waals surface area contributed by atoms with Crippen molar-refractivity contribution in [3.63, 3.8) is 0 Å². The van der Waals surface area contributed by atoms with Gasteiger partial charge in [-0.05, 0) is 43.5 Å². The summed E-state index contributed by atoms with van der Waals surface area (Å²) < 4.78 is 0. The first kappa shape index (κ1) is 11.7. The lowest BCUT2D eigenvalue weighted by Crippen LogP contribution is -2.47. The first-order chi connectivity index (χ1) is 8.61. The summed E-state index contributed by atoms with van der Waals surface area (Å²) >= 11 is 5.79. The van der Waals surface area contributed by atoms with E-state index < -0.39 is 5.72 Å². The molecule has 0 radical (unpaired) electrons. The molecular weight excluding hydrogens is 252 g/mol. The van der Waals surface area contributed by atoms with Crippen LogP contribution in [-0.2, 0) is 0 Å². The third-order valence-electron chi connectivity index (χ3n) is 3.67. The Labute approximate surface area is 110 Å². The molecule has 1 aromatic carbocycles. The molecule has 1 fully saturated rings. The summed E-state index contributed by atoms with van der Waals surface area (Å²) in [4.78, 5) is 12.3. The normalized spacial score (nSPS) is 29.7. The largest absolute Gasteiger partial charge is 0.368 e. The summed E-state index contributed by atoms with van der Waals surface area (Å²) in [6.07, 6.45) is 4.06. The summed E-state index contributed by atoms with van der Waals surface area (Å²) in [6, 6.07) is 6.60. The predicted octanol–water partition coefficient (Wildman–Crippen LogP) is 2.27. The highest BCUT2D eigenvalue weighted by molar-refractivity contribution is 6.30. The van der Waals surface area contributed by atoms with Crippen molar-refractivity contribution in [1.82, 2.24) is 5.01 Å². The van der Waals surface area contributed by atoms with Crippen LogP contribution < -0.4 is 0 Å². The van der Waals surface area contributed by atoms with Gasteiger partial charge in [-0.1, -0.05) is 11.6 Å². The minimum Gasteiger partial charge on any atom is -0.368 e. The van der Waals surface area contributed by atoms with E-state index in [9.17, 15) is 9.90 Å². The summed E-state index contributed by atoms with van der Waals surface area (Å²) in [5.41, 5.74) is -0.644. The summed E-state index contributed by atoms with van der Waals surface area (Å²) in [6.45, 7) is 0. The summed E-state index contributed by atoms with van der Waals surface area (Å²) in [5, 5.41) is 16.4. The number of hydrogen-bond acceptors (Lipinski definition) is 3. The van der Waals surface area contributed by atoms with Crippen LogP contribution in [0.4, 0.5) is 0 Å². The van der Waals surface area contributed by atoms with E-state index in [0.29, 0.717) is 17.0 Å². The number of rotatable bonds is 1. The third kappa shape index (κ3) is 1.64. The Balaban J connectivity index is 1.89. The fraction of sp³-hybridized carbons (Fsp3) is 0.385. The molecule has 18 heavy (non-hydrogen) atoms. The molecule has 1 aliphatic carbocycles. The Kier molecular flexibility index (Phi) is 2.64. The van der Waals surface area contributed by atoms with Gasteiger partial charge in [0, 0.05) is 22.7 Å². The number of nitrogens with zero attached hydrogens (tertiary/aromatic N) is 2. The molecule has 0 unspecified atom stereocenters. The fourth-order valence-corrected chi connectivity index (χ4v) is 2.77. The van der Waals surface area contributed by atoms with Crippen LogP contribution in [0.2, 0.25) is 5.02 Å². The zero-order valence-corrected chi connectivity index (χ0v) is 10.5. The highest BCUT2D eigenvalue weighted by Crippen LogP contribution is 2.41. The van der Waals surface area contributed by atoms with E-state index >= 15 is 0 Å². The second-order valence-electron chi connectivity index (χ2n) is 4.77. The summed E-state index contributed by atoms with van der Waals surface area (Å²) in [5.74, 6) is -0.316. The molecule has 1 N–H and O–H groups in total. The van der Waals surface area contributed by atoms with Gasteiger partial charge in [0.25, 0.3) is 5.91 Å². The Morgan fingerprint density at radius 1 is 1.44 bits per heavy atom. The molecule has 0 saturated heterocycles. The maximum atomic E-state index is 12.3. The molecule has 4 nitrogen and oxygen atoms in total. The molecule has 1 amide bonds. The number of hydrogen-bond donors (Lipinski definition) is 1. The van der Waals surface area contributed by atoms with Crippen molar-refractivity contribution in [2.24, 2.45) is 11.0 Å². The number of amides is 1. The van der Waals surface area contributed by atoms with Crippen molar-refractivity contribution in [2.75, 3.05) is 0 Å². The van der Waals surface area contributed by atoms with E-state index in [-0.39, 0.29) is 11.8 Å². The lowest BCUT2D eigenvalue weighted by atomic mass is 10.0. The van der Waals surface area contributed by atoms with E-state index in [2.05, 4.69) is 5.10 Å². The Morgan fingerprint density at radius 3 is 2.89 bits per heavy atom. The highest BCUT2D eigenvalue weighted by atomic mass is 35.5. The molecule has 94 valence electrons. The molecule has 5 heteroatoms. The molecule has 2 aliphatic rings. The zero-order chi connectivity index (χ0) is 12.8. The number of carbonyl (C=O) groups is 1. The van der Waals surface area contributed by atoms with Crippen molar-refractivity contribution in [2.45, 2.75) is 25.0 Å². The molecule has 0 bridgehead atoms. The Hall–Kier alpha value is -1.39. The van der Waals surface area contributed by atoms with Crippen LogP contribution in [0.15, 0.2) is 29.4 Å². The molecule has 1 saturated carbocycles. The van der Waals surface area contributed by atoms with Crippen LogP contribution in [0.25, 0.3) is 0 Å². The molecule has 0 aromatic heterocycles. The van der Waals surface area contributed by atoms with Crippen molar-refractivity contribution in [3.05, 3.63) is 34.9 Å². The second-order valence-corrected chi connectivity index (χ2v) is 5.20.